The van der Waals surface area contributed by atoms with Gasteiger partial charge in [0.15, 0.2) is 16.6 Å². The molecule has 1 fully saturated rings. The quantitative estimate of drug-likeness (QED) is 0.103. The highest BCUT2D eigenvalue weighted by atomic mass is 79.9. The number of phenolic OH excluding ortho intramolecular Hbond substituents is 1. The molecule has 1 unspecified atom stereocenters. The fourth-order valence-corrected chi connectivity index (χ4v) is 5.71. The number of ketones is 1. The van der Waals surface area contributed by atoms with Crippen LogP contribution in [0.5, 0.6) is 17.2 Å². The van der Waals surface area contributed by atoms with Crippen LogP contribution in [0.1, 0.15) is 52.3 Å². The van der Waals surface area contributed by atoms with Gasteiger partial charge in [0.2, 0.25) is 0 Å². The number of aromatic nitrogens is 1. The van der Waals surface area contributed by atoms with E-state index in [0.29, 0.717) is 23.6 Å². The minimum atomic E-state index is -1.17. The lowest BCUT2D eigenvalue weighted by atomic mass is 9.95. The predicted molar refractivity (Wildman–Crippen MR) is 152 cm³/mol. The lowest BCUT2D eigenvalue weighted by Gasteiger charge is -2.24. The van der Waals surface area contributed by atoms with Crippen LogP contribution < -0.4 is 14.4 Å². The SMILES string of the molecule is CCCCOc1cccc(C(O)=C2C(=O)C(=O)N(c3nc(C)c(C(=O)OC)s3)C2c2cc(Br)c(O)c(OC)c2)c1. The van der Waals surface area contributed by atoms with Crippen LogP contribution in [-0.4, -0.2) is 53.7 Å². The summed E-state index contributed by atoms with van der Waals surface area (Å²) in [6.45, 7) is 4.11. The lowest BCUT2D eigenvalue weighted by molar-refractivity contribution is -0.132. The zero-order chi connectivity index (χ0) is 29.1. The molecule has 3 aromatic rings. The van der Waals surface area contributed by atoms with E-state index in [4.69, 9.17) is 14.2 Å². The molecular weight excluding hydrogens is 604 g/mol. The van der Waals surface area contributed by atoms with Gasteiger partial charge in [0, 0.05) is 5.56 Å². The summed E-state index contributed by atoms with van der Waals surface area (Å²) in [4.78, 5) is 45.0. The van der Waals surface area contributed by atoms with Crippen LogP contribution >= 0.6 is 27.3 Å². The summed E-state index contributed by atoms with van der Waals surface area (Å²) >= 11 is 4.17. The van der Waals surface area contributed by atoms with Gasteiger partial charge in [0.25, 0.3) is 5.78 Å². The normalized spacial score (nSPS) is 16.3. The first kappa shape index (κ1) is 29.1. The van der Waals surface area contributed by atoms with Gasteiger partial charge < -0.3 is 24.4 Å². The number of aliphatic hydroxyl groups is 1. The summed E-state index contributed by atoms with van der Waals surface area (Å²) in [5.41, 5.74) is 0.717. The predicted octanol–water partition coefficient (Wildman–Crippen LogP) is 5.52. The highest BCUT2D eigenvalue weighted by molar-refractivity contribution is 9.10. The Hall–Kier alpha value is -3.90. The molecule has 40 heavy (non-hydrogen) atoms. The van der Waals surface area contributed by atoms with Crippen molar-refractivity contribution < 1.29 is 38.8 Å². The van der Waals surface area contributed by atoms with Crippen LogP contribution in [0.25, 0.3) is 5.76 Å². The molecule has 0 saturated carbocycles. The van der Waals surface area contributed by atoms with E-state index in [9.17, 15) is 24.6 Å². The number of phenols is 1. The maximum Gasteiger partial charge on any atom is 0.350 e. The van der Waals surface area contributed by atoms with Gasteiger partial charge in [0.1, 0.15) is 16.4 Å². The molecule has 1 aliphatic heterocycles. The first-order chi connectivity index (χ1) is 19.1. The molecule has 1 amide bonds. The van der Waals surface area contributed by atoms with Crippen LogP contribution in [0, 0.1) is 6.92 Å². The molecule has 210 valence electrons. The van der Waals surface area contributed by atoms with Crippen molar-refractivity contribution in [3.63, 3.8) is 0 Å². The van der Waals surface area contributed by atoms with Crippen LogP contribution in [0.15, 0.2) is 46.4 Å². The van der Waals surface area contributed by atoms with Crippen LogP contribution in [0.4, 0.5) is 5.13 Å². The number of aryl methyl sites for hydroxylation is 1. The molecular formula is C28H27BrN2O8S. The van der Waals surface area contributed by atoms with Gasteiger partial charge in [0.05, 0.1) is 42.6 Å². The van der Waals surface area contributed by atoms with Gasteiger partial charge in [-0.15, -0.1) is 0 Å². The number of Topliss-reactive ketones (excluding diaryl/α,β-unsaturated/α-hetero) is 1. The van der Waals surface area contributed by atoms with E-state index in [1.807, 2.05) is 6.92 Å². The Labute approximate surface area is 242 Å². The Morgan fingerprint density at radius 1 is 1.20 bits per heavy atom. The second-order valence-electron chi connectivity index (χ2n) is 8.86. The number of anilines is 1. The molecule has 12 heteroatoms. The van der Waals surface area contributed by atoms with Crippen molar-refractivity contribution in [3.05, 3.63) is 68.1 Å². The number of amides is 1. The Morgan fingerprint density at radius 3 is 2.62 bits per heavy atom. The second-order valence-corrected chi connectivity index (χ2v) is 10.7. The van der Waals surface area contributed by atoms with Gasteiger partial charge in [-0.05, 0) is 59.1 Å². The van der Waals surface area contributed by atoms with E-state index < -0.39 is 29.5 Å². The molecule has 0 radical (unpaired) electrons. The Kier molecular flexibility index (Phi) is 8.79. The molecule has 1 aliphatic rings. The minimum Gasteiger partial charge on any atom is -0.507 e. The Balaban J connectivity index is 1.93. The smallest absolute Gasteiger partial charge is 0.350 e. The molecule has 1 aromatic heterocycles. The molecule has 1 saturated heterocycles. The van der Waals surface area contributed by atoms with Crippen molar-refractivity contribution in [2.45, 2.75) is 32.7 Å². The average Bonchev–Trinajstić information content (AvgIpc) is 3.45. The fourth-order valence-electron chi connectivity index (χ4n) is 4.24. The summed E-state index contributed by atoms with van der Waals surface area (Å²) in [5.74, 6) is -2.56. The van der Waals surface area contributed by atoms with Crippen LogP contribution in [-0.2, 0) is 14.3 Å². The molecule has 2 heterocycles. The second kappa shape index (κ2) is 12.1. The molecule has 2 aromatic carbocycles. The first-order valence-corrected chi connectivity index (χ1v) is 13.9. The third kappa shape index (κ3) is 5.41. The zero-order valence-corrected chi connectivity index (χ0v) is 24.6. The number of carbonyl (C=O) groups is 3. The third-order valence-electron chi connectivity index (χ3n) is 6.27. The highest BCUT2D eigenvalue weighted by Gasteiger charge is 2.49. The summed E-state index contributed by atoms with van der Waals surface area (Å²) < 4.78 is 16.1. The lowest BCUT2D eigenvalue weighted by Crippen LogP contribution is -2.29. The largest absolute Gasteiger partial charge is 0.507 e. The van der Waals surface area contributed by atoms with Crippen molar-refractivity contribution in [2.75, 3.05) is 25.7 Å². The van der Waals surface area contributed by atoms with E-state index in [1.165, 1.54) is 26.4 Å². The number of rotatable bonds is 9. The topological polar surface area (TPSA) is 135 Å². The summed E-state index contributed by atoms with van der Waals surface area (Å²) in [6, 6.07) is 8.40. The summed E-state index contributed by atoms with van der Waals surface area (Å²) in [6.07, 6.45) is 1.79. The molecule has 4 rings (SSSR count). The van der Waals surface area contributed by atoms with Crippen molar-refractivity contribution in [3.8, 4) is 17.2 Å². The van der Waals surface area contributed by atoms with Crippen molar-refractivity contribution in [2.24, 2.45) is 0 Å². The molecule has 0 aliphatic carbocycles. The zero-order valence-electron chi connectivity index (χ0n) is 22.2. The van der Waals surface area contributed by atoms with E-state index in [0.717, 1.165) is 29.1 Å². The van der Waals surface area contributed by atoms with E-state index in [-0.39, 0.29) is 37.1 Å². The number of benzene rings is 2. The van der Waals surface area contributed by atoms with Gasteiger partial charge in [-0.2, -0.15) is 0 Å². The number of methoxy groups -OCH3 is 2. The van der Waals surface area contributed by atoms with Crippen molar-refractivity contribution in [1.29, 1.82) is 0 Å². The number of unbranched alkanes of at least 4 members (excludes halogenated alkanes) is 1. The molecule has 2 N–H and O–H groups in total. The number of halogens is 1. The number of aliphatic hydroxyl groups excluding tert-OH is 1. The number of esters is 1. The van der Waals surface area contributed by atoms with Gasteiger partial charge in [-0.25, -0.2) is 9.78 Å². The van der Waals surface area contributed by atoms with E-state index >= 15 is 0 Å². The monoisotopic (exact) mass is 630 g/mol. The number of ether oxygens (including phenoxy) is 3. The fraction of sp³-hybridized carbons (Fsp3) is 0.286. The highest BCUT2D eigenvalue weighted by Crippen LogP contribution is 2.47. The van der Waals surface area contributed by atoms with Crippen LogP contribution in [0.3, 0.4) is 0 Å². The molecule has 0 bridgehead atoms. The van der Waals surface area contributed by atoms with Gasteiger partial charge in [-0.3, -0.25) is 14.5 Å². The third-order valence-corrected chi connectivity index (χ3v) is 8.01. The van der Waals surface area contributed by atoms with E-state index in [2.05, 4.69) is 20.9 Å². The number of aromatic hydroxyl groups is 1. The molecule has 10 nitrogen and oxygen atoms in total. The van der Waals surface area contributed by atoms with Crippen LogP contribution in [0.2, 0.25) is 0 Å². The minimum absolute atomic E-state index is 0.0591. The number of hydrogen-bond acceptors (Lipinski definition) is 10. The molecule has 1 atom stereocenters. The maximum atomic E-state index is 13.5. The Bertz CT molecular complexity index is 1520. The van der Waals surface area contributed by atoms with Crippen molar-refractivity contribution in [1.82, 2.24) is 4.98 Å². The Morgan fingerprint density at radius 2 is 1.95 bits per heavy atom. The standard InChI is InChI=1S/C28H27BrN2O8S/c1-5-6-10-39-17-9-7-8-15(11-17)22(32)20-21(16-12-18(29)23(33)19(13-16)37-3)31(26(35)24(20)34)28-30-14(2)25(40-28)27(36)38-4/h7-9,11-13,21,32-33H,5-6,10H2,1-4H3. The summed E-state index contributed by atoms with van der Waals surface area (Å²) in [5, 5.41) is 21.9. The number of hydrogen-bond donors (Lipinski definition) is 2. The summed E-state index contributed by atoms with van der Waals surface area (Å²) in [7, 11) is 2.59. The number of carbonyl (C=O) groups excluding carboxylic acids is 3. The van der Waals surface area contributed by atoms with Gasteiger partial charge >= 0.3 is 11.9 Å². The van der Waals surface area contributed by atoms with Gasteiger partial charge in [-0.1, -0.05) is 36.8 Å². The van der Waals surface area contributed by atoms with Crippen molar-refractivity contribution >= 4 is 55.8 Å². The molecule has 0 spiro atoms. The number of thiazole rings is 1. The average molecular weight is 632 g/mol. The maximum absolute atomic E-state index is 13.5. The first-order valence-electron chi connectivity index (χ1n) is 12.3. The van der Waals surface area contributed by atoms with E-state index in [1.54, 1.807) is 31.2 Å². The number of nitrogens with zero attached hydrogens (tertiary/aromatic N) is 2.